The minimum Gasteiger partial charge on any atom is -0.374 e. The summed E-state index contributed by atoms with van der Waals surface area (Å²) in [7, 11) is -2.88. The average Bonchev–Trinajstić information content (AvgIpc) is 2.28. The number of nitrogens with zero attached hydrogens (tertiary/aromatic N) is 1. The van der Waals surface area contributed by atoms with Crippen LogP contribution in [0.3, 0.4) is 0 Å². The van der Waals surface area contributed by atoms with E-state index in [2.05, 4.69) is 4.90 Å². The van der Waals surface area contributed by atoms with E-state index in [0.29, 0.717) is 19.7 Å². The second-order valence-electron chi connectivity index (χ2n) is 4.27. The molecule has 0 radical (unpaired) electrons. The Labute approximate surface area is 97.9 Å². The second kappa shape index (κ2) is 5.95. The van der Waals surface area contributed by atoms with Gasteiger partial charge in [-0.05, 0) is 6.92 Å². The summed E-state index contributed by atoms with van der Waals surface area (Å²) >= 11 is 0. The van der Waals surface area contributed by atoms with Crippen molar-refractivity contribution in [3.05, 3.63) is 0 Å². The highest BCUT2D eigenvalue weighted by atomic mass is 32.2. The van der Waals surface area contributed by atoms with Gasteiger partial charge in [-0.3, -0.25) is 4.90 Å². The van der Waals surface area contributed by atoms with Gasteiger partial charge in [-0.25, -0.2) is 8.42 Å². The van der Waals surface area contributed by atoms with E-state index in [4.69, 9.17) is 10.5 Å². The predicted octanol–water partition coefficient (Wildman–Crippen LogP) is -0.531. The molecule has 0 saturated carbocycles. The molecule has 1 aliphatic rings. The van der Waals surface area contributed by atoms with Crippen LogP contribution in [0.5, 0.6) is 0 Å². The van der Waals surface area contributed by atoms with Gasteiger partial charge < -0.3 is 10.5 Å². The molecule has 1 fully saturated rings. The first-order valence-electron chi connectivity index (χ1n) is 5.74. The van der Waals surface area contributed by atoms with Gasteiger partial charge in [0.25, 0.3) is 0 Å². The standard InChI is InChI=1S/C10H22N2O3S/c1-3-16(13,14)5-4-12-7-10(6-11)15-8-9(12)2/h9-10H,3-8,11H2,1-2H3. The van der Waals surface area contributed by atoms with Crippen LogP contribution in [0.25, 0.3) is 0 Å². The summed E-state index contributed by atoms with van der Waals surface area (Å²) in [5.41, 5.74) is 5.55. The number of morpholine rings is 1. The monoisotopic (exact) mass is 250 g/mol. The van der Waals surface area contributed by atoms with Crippen molar-refractivity contribution >= 4 is 9.84 Å². The topological polar surface area (TPSA) is 72.6 Å². The highest BCUT2D eigenvalue weighted by molar-refractivity contribution is 7.91. The predicted molar refractivity (Wildman–Crippen MR) is 64.2 cm³/mol. The molecule has 1 rings (SSSR count). The molecule has 0 bridgehead atoms. The summed E-state index contributed by atoms with van der Waals surface area (Å²) in [6, 6.07) is 0.273. The Morgan fingerprint density at radius 1 is 1.50 bits per heavy atom. The van der Waals surface area contributed by atoms with E-state index in [1.165, 1.54) is 0 Å². The zero-order valence-corrected chi connectivity index (χ0v) is 10.9. The van der Waals surface area contributed by atoms with Crippen molar-refractivity contribution < 1.29 is 13.2 Å². The molecule has 0 aromatic rings. The van der Waals surface area contributed by atoms with E-state index in [-0.39, 0.29) is 23.7 Å². The summed E-state index contributed by atoms with van der Waals surface area (Å²) in [4.78, 5) is 2.15. The van der Waals surface area contributed by atoms with Gasteiger partial charge in [0.05, 0.1) is 18.5 Å². The molecule has 0 amide bonds. The maximum Gasteiger partial charge on any atom is 0.151 e. The molecule has 1 saturated heterocycles. The molecular formula is C10H22N2O3S. The lowest BCUT2D eigenvalue weighted by Crippen LogP contribution is -2.51. The van der Waals surface area contributed by atoms with Crippen LogP contribution >= 0.6 is 0 Å². The first-order valence-corrected chi connectivity index (χ1v) is 7.56. The van der Waals surface area contributed by atoms with Gasteiger partial charge in [-0.2, -0.15) is 0 Å². The van der Waals surface area contributed by atoms with Crippen molar-refractivity contribution in [3.63, 3.8) is 0 Å². The molecule has 16 heavy (non-hydrogen) atoms. The summed E-state index contributed by atoms with van der Waals surface area (Å²) in [6.45, 7) is 6.16. The Kier molecular flexibility index (Phi) is 5.17. The van der Waals surface area contributed by atoms with Crippen molar-refractivity contribution in [2.24, 2.45) is 5.73 Å². The van der Waals surface area contributed by atoms with E-state index < -0.39 is 9.84 Å². The number of sulfone groups is 1. The maximum atomic E-state index is 11.4. The van der Waals surface area contributed by atoms with Crippen LogP contribution in [0.1, 0.15) is 13.8 Å². The van der Waals surface area contributed by atoms with Crippen LogP contribution in [0.2, 0.25) is 0 Å². The van der Waals surface area contributed by atoms with Crippen LogP contribution < -0.4 is 5.73 Å². The van der Waals surface area contributed by atoms with Gasteiger partial charge in [0.1, 0.15) is 0 Å². The number of hydrogen-bond acceptors (Lipinski definition) is 5. The molecule has 2 N–H and O–H groups in total. The largest absolute Gasteiger partial charge is 0.374 e. The van der Waals surface area contributed by atoms with Gasteiger partial charge >= 0.3 is 0 Å². The minimum atomic E-state index is -2.88. The Balaban J connectivity index is 2.45. The van der Waals surface area contributed by atoms with Crippen LogP contribution in [0.4, 0.5) is 0 Å². The van der Waals surface area contributed by atoms with E-state index in [1.54, 1.807) is 6.92 Å². The van der Waals surface area contributed by atoms with Crippen molar-refractivity contribution in [3.8, 4) is 0 Å². The molecule has 0 aromatic heterocycles. The summed E-state index contributed by atoms with van der Waals surface area (Å²) in [6.07, 6.45) is 0.0422. The van der Waals surface area contributed by atoms with E-state index in [0.717, 1.165) is 6.54 Å². The van der Waals surface area contributed by atoms with Gasteiger partial charge in [0.2, 0.25) is 0 Å². The average molecular weight is 250 g/mol. The second-order valence-corrected chi connectivity index (χ2v) is 6.74. The summed E-state index contributed by atoms with van der Waals surface area (Å²) in [5, 5.41) is 0. The Morgan fingerprint density at radius 2 is 2.19 bits per heavy atom. The molecule has 96 valence electrons. The fourth-order valence-corrected chi connectivity index (χ4v) is 2.53. The number of hydrogen-bond donors (Lipinski definition) is 1. The molecule has 0 spiro atoms. The molecule has 2 atom stereocenters. The van der Waals surface area contributed by atoms with Gasteiger partial charge in [0.15, 0.2) is 9.84 Å². The first-order chi connectivity index (χ1) is 7.48. The van der Waals surface area contributed by atoms with Crippen LogP contribution in [0.15, 0.2) is 0 Å². The Morgan fingerprint density at radius 3 is 2.75 bits per heavy atom. The quantitative estimate of drug-likeness (QED) is 0.710. The number of ether oxygens (including phenoxy) is 1. The third-order valence-corrected chi connectivity index (χ3v) is 4.71. The lowest BCUT2D eigenvalue weighted by atomic mass is 10.2. The van der Waals surface area contributed by atoms with E-state index >= 15 is 0 Å². The van der Waals surface area contributed by atoms with Crippen molar-refractivity contribution in [1.82, 2.24) is 4.90 Å². The molecule has 2 unspecified atom stereocenters. The maximum absolute atomic E-state index is 11.4. The van der Waals surface area contributed by atoms with Crippen molar-refractivity contribution in [2.45, 2.75) is 26.0 Å². The van der Waals surface area contributed by atoms with Crippen LogP contribution in [0, 0.1) is 0 Å². The fourth-order valence-electron chi connectivity index (χ4n) is 1.73. The third kappa shape index (κ3) is 4.01. The molecule has 0 aliphatic carbocycles. The number of rotatable bonds is 5. The Bertz CT molecular complexity index is 305. The van der Waals surface area contributed by atoms with Gasteiger partial charge in [0, 0.05) is 31.4 Å². The number of nitrogens with two attached hydrogens (primary N) is 1. The minimum absolute atomic E-state index is 0.0422. The third-order valence-electron chi connectivity index (χ3n) is 3.03. The SMILES string of the molecule is CCS(=O)(=O)CCN1CC(CN)OCC1C. The fraction of sp³-hybridized carbons (Fsp3) is 1.00. The molecular weight excluding hydrogens is 228 g/mol. The zero-order valence-electron chi connectivity index (χ0n) is 10.1. The first kappa shape index (κ1) is 13.9. The lowest BCUT2D eigenvalue weighted by molar-refractivity contribution is -0.0511. The highest BCUT2D eigenvalue weighted by Gasteiger charge is 2.25. The van der Waals surface area contributed by atoms with E-state index in [1.807, 2.05) is 6.92 Å². The molecule has 1 heterocycles. The normalized spacial score (nSPS) is 28.2. The van der Waals surface area contributed by atoms with Crippen molar-refractivity contribution in [1.29, 1.82) is 0 Å². The molecule has 5 nitrogen and oxygen atoms in total. The van der Waals surface area contributed by atoms with Crippen LogP contribution in [-0.2, 0) is 14.6 Å². The van der Waals surface area contributed by atoms with Gasteiger partial charge in [-0.1, -0.05) is 6.92 Å². The van der Waals surface area contributed by atoms with Crippen LogP contribution in [-0.4, -0.2) is 63.2 Å². The summed E-state index contributed by atoms with van der Waals surface area (Å²) < 4.78 is 28.3. The lowest BCUT2D eigenvalue weighted by Gasteiger charge is -2.37. The van der Waals surface area contributed by atoms with E-state index in [9.17, 15) is 8.42 Å². The molecule has 0 aromatic carbocycles. The highest BCUT2D eigenvalue weighted by Crippen LogP contribution is 2.11. The van der Waals surface area contributed by atoms with Crippen molar-refractivity contribution in [2.75, 3.05) is 37.7 Å². The molecule has 1 aliphatic heterocycles. The zero-order chi connectivity index (χ0) is 12.2. The summed E-state index contributed by atoms with van der Waals surface area (Å²) in [5.74, 6) is 0.442. The smallest absolute Gasteiger partial charge is 0.151 e. The Hall–Kier alpha value is -0.170. The molecule has 6 heteroatoms. The van der Waals surface area contributed by atoms with Gasteiger partial charge in [-0.15, -0.1) is 0 Å².